The average molecular weight is 289 g/mol. The molecule has 0 saturated heterocycles. The van der Waals surface area contributed by atoms with Crippen LogP contribution in [0.1, 0.15) is 51.9 Å². The largest absolute Gasteiger partial charge is 0.391 e. The van der Waals surface area contributed by atoms with Gasteiger partial charge in [-0.05, 0) is 12.8 Å². The van der Waals surface area contributed by atoms with Crippen molar-refractivity contribution in [2.45, 2.75) is 64.0 Å². The Morgan fingerprint density at radius 2 is 1.80 bits per heavy atom. The topological polar surface area (TPSA) is 93.5 Å². The number of nitrogens with two attached hydrogens (primary N) is 2. The second kappa shape index (κ2) is 15.2. The van der Waals surface area contributed by atoms with Crippen LogP contribution in [0.15, 0.2) is 0 Å². The highest BCUT2D eigenvalue weighted by Gasteiger charge is 2.12. The van der Waals surface area contributed by atoms with Gasteiger partial charge < -0.3 is 26.6 Å². The first-order chi connectivity index (χ1) is 9.74. The Morgan fingerprint density at radius 3 is 2.45 bits per heavy atom. The van der Waals surface area contributed by atoms with Crippen molar-refractivity contribution >= 4 is 0 Å². The lowest BCUT2D eigenvalue weighted by Gasteiger charge is -2.20. The lowest BCUT2D eigenvalue weighted by Crippen LogP contribution is -2.41. The number of unbranched alkanes of at least 4 members (excludes halogenated alkanes) is 5. The van der Waals surface area contributed by atoms with Crippen molar-refractivity contribution in [2.75, 3.05) is 32.8 Å². The van der Waals surface area contributed by atoms with Gasteiger partial charge in [0.2, 0.25) is 0 Å². The zero-order chi connectivity index (χ0) is 15.1. The lowest BCUT2D eigenvalue weighted by atomic mass is 10.1. The third kappa shape index (κ3) is 12.8. The molecule has 0 bridgehead atoms. The maximum absolute atomic E-state index is 9.87. The summed E-state index contributed by atoms with van der Waals surface area (Å²) in [4.78, 5) is 0. The summed E-state index contributed by atoms with van der Waals surface area (Å²) in [6.07, 6.45) is 7.70. The number of hydrogen-bond donors (Lipinski definition) is 4. The molecule has 122 valence electrons. The van der Waals surface area contributed by atoms with Gasteiger partial charge in [-0.2, -0.15) is 0 Å². The summed E-state index contributed by atoms with van der Waals surface area (Å²) in [5, 5.41) is 13.1. The maximum Gasteiger partial charge on any atom is 0.0789 e. The van der Waals surface area contributed by atoms with Crippen LogP contribution in [0.2, 0.25) is 0 Å². The first-order valence-corrected chi connectivity index (χ1v) is 8.13. The zero-order valence-corrected chi connectivity index (χ0v) is 13.2. The van der Waals surface area contributed by atoms with Crippen molar-refractivity contribution in [1.29, 1.82) is 0 Å². The van der Waals surface area contributed by atoms with E-state index in [2.05, 4.69) is 12.2 Å². The van der Waals surface area contributed by atoms with E-state index >= 15 is 0 Å². The molecule has 20 heavy (non-hydrogen) atoms. The molecule has 0 rings (SSSR count). The van der Waals surface area contributed by atoms with Gasteiger partial charge in [-0.3, -0.25) is 0 Å². The summed E-state index contributed by atoms with van der Waals surface area (Å²) in [7, 11) is 0. The highest BCUT2D eigenvalue weighted by molar-refractivity contribution is 4.72. The van der Waals surface area contributed by atoms with Gasteiger partial charge in [0.1, 0.15) is 0 Å². The Kier molecular flexibility index (Phi) is 15.0. The van der Waals surface area contributed by atoms with E-state index in [4.69, 9.17) is 16.2 Å². The number of nitrogens with one attached hydrogen (secondary N) is 1. The lowest BCUT2D eigenvalue weighted by molar-refractivity contribution is 0.0263. The van der Waals surface area contributed by atoms with Crippen molar-refractivity contribution in [3.63, 3.8) is 0 Å². The smallest absolute Gasteiger partial charge is 0.0789 e. The normalized spacial score (nSPS) is 14.4. The molecular formula is C15H35N3O2. The molecule has 0 unspecified atom stereocenters. The molecule has 0 saturated carbocycles. The summed E-state index contributed by atoms with van der Waals surface area (Å²) < 4.78 is 5.51. The van der Waals surface area contributed by atoms with E-state index in [1.807, 2.05) is 0 Å². The van der Waals surface area contributed by atoms with Crippen LogP contribution in [0.3, 0.4) is 0 Å². The van der Waals surface area contributed by atoms with Gasteiger partial charge >= 0.3 is 0 Å². The van der Waals surface area contributed by atoms with Gasteiger partial charge in [0.05, 0.1) is 12.7 Å². The second-order valence-corrected chi connectivity index (χ2v) is 5.41. The number of hydrogen-bond acceptors (Lipinski definition) is 5. The first-order valence-electron chi connectivity index (χ1n) is 8.13. The first kappa shape index (κ1) is 19.8. The molecule has 0 aliphatic heterocycles. The molecule has 0 radical (unpaired) electrons. The van der Waals surface area contributed by atoms with E-state index < -0.39 is 6.10 Å². The minimum absolute atomic E-state index is 0.117. The van der Waals surface area contributed by atoms with E-state index in [1.54, 1.807) is 0 Å². The predicted octanol–water partition coefficient (Wildman–Crippen LogP) is 0.990. The van der Waals surface area contributed by atoms with Gasteiger partial charge in [0.15, 0.2) is 0 Å². The second-order valence-electron chi connectivity index (χ2n) is 5.41. The summed E-state index contributed by atoms with van der Waals surface area (Å²) in [6, 6.07) is 0.117. The standard InChI is InChI=1S/C15H35N3O2/c1-2-3-4-5-6-7-10-20-13-15(19)11-14(12-17)18-9-8-16/h14-15,18-19H,2-13,16-17H2,1H3/t14-,15-/m0/s1. The third-order valence-corrected chi connectivity index (χ3v) is 3.37. The molecule has 0 spiro atoms. The Morgan fingerprint density at radius 1 is 1.10 bits per heavy atom. The summed E-state index contributed by atoms with van der Waals surface area (Å²) >= 11 is 0. The predicted molar refractivity (Wildman–Crippen MR) is 84.7 cm³/mol. The summed E-state index contributed by atoms with van der Waals surface area (Å²) in [5.41, 5.74) is 11.1. The monoisotopic (exact) mass is 289 g/mol. The molecule has 0 aromatic heterocycles. The van der Waals surface area contributed by atoms with E-state index in [0.29, 0.717) is 26.1 Å². The SMILES string of the molecule is CCCCCCCCOC[C@@H](O)C[C@@H](CN)NCCN. The number of ether oxygens (including phenoxy) is 1. The zero-order valence-electron chi connectivity index (χ0n) is 13.2. The van der Waals surface area contributed by atoms with Gasteiger partial charge in [0, 0.05) is 32.3 Å². The van der Waals surface area contributed by atoms with Crippen molar-refractivity contribution in [3.8, 4) is 0 Å². The van der Waals surface area contributed by atoms with Crippen LogP contribution >= 0.6 is 0 Å². The van der Waals surface area contributed by atoms with Crippen LogP contribution in [-0.2, 0) is 4.74 Å². The fourth-order valence-electron chi connectivity index (χ4n) is 2.15. The number of rotatable bonds is 15. The Hall–Kier alpha value is -0.200. The van der Waals surface area contributed by atoms with Crippen molar-refractivity contribution < 1.29 is 9.84 Å². The highest BCUT2D eigenvalue weighted by Crippen LogP contribution is 2.05. The van der Waals surface area contributed by atoms with E-state index in [0.717, 1.165) is 19.6 Å². The van der Waals surface area contributed by atoms with E-state index in [9.17, 15) is 5.11 Å². The fraction of sp³-hybridized carbons (Fsp3) is 1.00. The molecule has 5 nitrogen and oxygen atoms in total. The van der Waals surface area contributed by atoms with Gasteiger partial charge in [-0.15, -0.1) is 0 Å². The highest BCUT2D eigenvalue weighted by atomic mass is 16.5. The van der Waals surface area contributed by atoms with Crippen molar-refractivity contribution in [2.24, 2.45) is 11.5 Å². The molecule has 0 aromatic carbocycles. The maximum atomic E-state index is 9.87. The van der Waals surface area contributed by atoms with Crippen LogP contribution in [0.25, 0.3) is 0 Å². The molecule has 0 amide bonds. The molecule has 0 heterocycles. The molecule has 0 aliphatic rings. The van der Waals surface area contributed by atoms with E-state index in [-0.39, 0.29) is 6.04 Å². The fourth-order valence-corrected chi connectivity index (χ4v) is 2.15. The Balaban J connectivity index is 3.40. The molecule has 6 N–H and O–H groups in total. The minimum atomic E-state index is -0.450. The van der Waals surface area contributed by atoms with Crippen molar-refractivity contribution in [3.05, 3.63) is 0 Å². The van der Waals surface area contributed by atoms with E-state index in [1.165, 1.54) is 32.1 Å². The quantitative estimate of drug-likeness (QED) is 0.337. The number of aliphatic hydroxyl groups excluding tert-OH is 1. The van der Waals surface area contributed by atoms with Crippen LogP contribution in [-0.4, -0.2) is 50.1 Å². The number of aliphatic hydroxyl groups is 1. The molecule has 2 atom stereocenters. The third-order valence-electron chi connectivity index (χ3n) is 3.37. The molecule has 0 aromatic rings. The van der Waals surface area contributed by atoms with Crippen LogP contribution < -0.4 is 16.8 Å². The molecule has 0 aliphatic carbocycles. The van der Waals surface area contributed by atoms with Crippen LogP contribution in [0.5, 0.6) is 0 Å². The van der Waals surface area contributed by atoms with Gasteiger partial charge in [0.25, 0.3) is 0 Å². The molecule has 5 heteroatoms. The van der Waals surface area contributed by atoms with Gasteiger partial charge in [-0.25, -0.2) is 0 Å². The minimum Gasteiger partial charge on any atom is -0.391 e. The van der Waals surface area contributed by atoms with Crippen molar-refractivity contribution in [1.82, 2.24) is 5.32 Å². The Labute approximate surface area is 124 Å². The average Bonchev–Trinajstić information content (AvgIpc) is 2.46. The molecular weight excluding hydrogens is 254 g/mol. The summed E-state index contributed by atoms with van der Waals surface area (Å²) in [5.74, 6) is 0. The van der Waals surface area contributed by atoms with Crippen LogP contribution in [0.4, 0.5) is 0 Å². The van der Waals surface area contributed by atoms with Crippen LogP contribution in [0, 0.1) is 0 Å². The van der Waals surface area contributed by atoms with Gasteiger partial charge in [-0.1, -0.05) is 39.0 Å². The molecule has 0 fully saturated rings. The summed E-state index contributed by atoms with van der Waals surface area (Å²) in [6.45, 7) is 5.19. The Bertz CT molecular complexity index is 194.